The van der Waals surface area contributed by atoms with Gasteiger partial charge >= 0.3 is 0 Å². The molecule has 2 aromatic rings. The van der Waals surface area contributed by atoms with Crippen LogP contribution in [0.5, 0.6) is 0 Å². The number of nitrogens with zero attached hydrogens (tertiary/aromatic N) is 2. The first kappa shape index (κ1) is 12.8. The Kier molecular flexibility index (Phi) is 4.09. The molecule has 0 saturated heterocycles. The molecule has 1 amide bonds. The number of amides is 1. The first-order valence-electron chi connectivity index (χ1n) is 5.54. The lowest BCUT2D eigenvalue weighted by Gasteiger charge is -1.97. The average Bonchev–Trinajstić information content (AvgIpc) is 2.84. The lowest BCUT2D eigenvalue weighted by Crippen LogP contribution is -2.21. The van der Waals surface area contributed by atoms with E-state index in [0.717, 1.165) is 10.0 Å². The number of carbonyl (C=O) groups is 1. The molecule has 2 rings (SSSR count). The molecule has 0 unspecified atom stereocenters. The highest BCUT2D eigenvalue weighted by Gasteiger charge is 2.09. The number of rotatable bonds is 4. The molecule has 1 aromatic heterocycles. The van der Waals surface area contributed by atoms with Gasteiger partial charge in [-0.05, 0) is 12.1 Å². The Morgan fingerprint density at radius 1 is 1.50 bits per heavy atom. The number of hydrogen-bond acceptors (Lipinski definition) is 4. The molecule has 1 heterocycles. The van der Waals surface area contributed by atoms with Crippen LogP contribution in [0.1, 0.15) is 19.2 Å². The van der Waals surface area contributed by atoms with E-state index in [1.54, 1.807) is 6.92 Å². The van der Waals surface area contributed by atoms with Gasteiger partial charge in [-0.3, -0.25) is 4.79 Å². The molecule has 0 aliphatic rings. The largest absolute Gasteiger partial charge is 0.347 e. The zero-order chi connectivity index (χ0) is 13.0. The minimum atomic E-state index is -0.0443. The highest BCUT2D eigenvalue weighted by molar-refractivity contribution is 9.10. The highest BCUT2D eigenvalue weighted by atomic mass is 79.9. The number of carbonyl (C=O) groups excluding carboxylic acids is 1. The topological polar surface area (TPSA) is 68.0 Å². The Bertz CT molecular complexity index is 554. The van der Waals surface area contributed by atoms with Crippen molar-refractivity contribution in [2.45, 2.75) is 19.9 Å². The molecule has 0 fully saturated rings. The van der Waals surface area contributed by atoms with E-state index in [9.17, 15) is 4.79 Å². The fourth-order valence-corrected chi connectivity index (χ4v) is 1.77. The van der Waals surface area contributed by atoms with Crippen LogP contribution in [0.25, 0.3) is 11.4 Å². The van der Waals surface area contributed by atoms with Crippen molar-refractivity contribution in [3.8, 4) is 11.4 Å². The van der Waals surface area contributed by atoms with Gasteiger partial charge in [0.25, 0.3) is 0 Å². The van der Waals surface area contributed by atoms with Crippen LogP contribution >= 0.6 is 15.9 Å². The SMILES string of the molecule is CCC(=O)NCc1nc(-c2cccc(Br)c2)no1. The zero-order valence-corrected chi connectivity index (χ0v) is 11.4. The third kappa shape index (κ3) is 3.16. The molecular weight excluding hydrogens is 298 g/mol. The molecule has 0 spiro atoms. The Morgan fingerprint density at radius 2 is 2.33 bits per heavy atom. The van der Waals surface area contributed by atoms with Crippen LogP contribution in [0.2, 0.25) is 0 Å². The van der Waals surface area contributed by atoms with Gasteiger partial charge in [-0.15, -0.1) is 0 Å². The van der Waals surface area contributed by atoms with Crippen molar-refractivity contribution >= 4 is 21.8 Å². The molecule has 0 aliphatic heterocycles. The van der Waals surface area contributed by atoms with E-state index in [0.29, 0.717) is 18.1 Å². The van der Waals surface area contributed by atoms with Gasteiger partial charge in [0.1, 0.15) is 0 Å². The lowest BCUT2D eigenvalue weighted by molar-refractivity contribution is -0.121. The van der Waals surface area contributed by atoms with Gasteiger partial charge in [0, 0.05) is 16.5 Å². The van der Waals surface area contributed by atoms with Crippen molar-refractivity contribution in [1.29, 1.82) is 0 Å². The second kappa shape index (κ2) is 5.77. The van der Waals surface area contributed by atoms with Crippen molar-refractivity contribution < 1.29 is 9.32 Å². The van der Waals surface area contributed by atoms with E-state index < -0.39 is 0 Å². The van der Waals surface area contributed by atoms with Gasteiger partial charge in [-0.25, -0.2) is 0 Å². The van der Waals surface area contributed by atoms with Crippen LogP contribution < -0.4 is 5.32 Å². The van der Waals surface area contributed by atoms with Gasteiger partial charge < -0.3 is 9.84 Å². The summed E-state index contributed by atoms with van der Waals surface area (Å²) in [6, 6.07) is 7.61. The summed E-state index contributed by atoms with van der Waals surface area (Å²) < 4.78 is 6.01. The third-order valence-corrected chi connectivity index (χ3v) is 2.80. The van der Waals surface area contributed by atoms with Crippen molar-refractivity contribution in [2.75, 3.05) is 0 Å². The Hall–Kier alpha value is -1.69. The molecule has 1 aromatic carbocycles. The molecular formula is C12H12BrN3O2. The van der Waals surface area contributed by atoms with Gasteiger partial charge in [-0.2, -0.15) is 4.98 Å². The van der Waals surface area contributed by atoms with Crippen LogP contribution in [0.15, 0.2) is 33.3 Å². The normalized spacial score (nSPS) is 10.3. The summed E-state index contributed by atoms with van der Waals surface area (Å²) in [5, 5.41) is 6.55. The van der Waals surface area contributed by atoms with Gasteiger partial charge in [-0.1, -0.05) is 40.1 Å². The smallest absolute Gasteiger partial charge is 0.246 e. The van der Waals surface area contributed by atoms with Crippen molar-refractivity contribution in [1.82, 2.24) is 15.5 Å². The van der Waals surface area contributed by atoms with Crippen LogP contribution in [-0.4, -0.2) is 16.0 Å². The minimum absolute atomic E-state index is 0.0443. The van der Waals surface area contributed by atoms with E-state index in [1.807, 2.05) is 24.3 Å². The maximum atomic E-state index is 11.1. The second-order valence-corrected chi connectivity index (χ2v) is 4.57. The highest BCUT2D eigenvalue weighted by Crippen LogP contribution is 2.20. The maximum Gasteiger partial charge on any atom is 0.246 e. The summed E-state index contributed by atoms with van der Waals surface area (Å²) in [5.41, 5.74) is 0.862. The molecule has 18 heavy (non-hydrogen) atoms. The third-order valence-electron chi connectivity index (χ3n) is 2.31. The van der Waals surface area contributed by atoms with E-state index in [4.69, 9.17) is 4.52 Å². The lowest BCUT2D eigenvalue weighted by atomic mass is 10.2. The van der Waals surface area contributed by atoms with Crippen molar-refractivity contribution in [2.24, 2.45) is 0 Å². The predicted octanol–water partition coefficient (Wildman–Crippen LogP) is 2.53. The van der Waals surface area contributed by atoms with Crippen molar-refractivity contribution in [3.05, 3.63) is 34.6 Å². The summed E-state index contributed by atoms with van der Waals surface area (Å²) in [4.78, 5) is 15.3. The van der Waals surface area contributed by atoms with E-state index in [2.05, 4.69) is 31.4 Å². The van der Waals surface area contributed by atoms with Gasteiger partial charge in [0.05, 0.1) is 6.54 Å². The van der Waals surface area contributed by atoms with Crippen LogP contribution in [0, 0.1) is 0 Å². The minimum Gasteiger partial charge on any atom is -0.347 e. The molecule has 1 N–H and O–H groups in total. The van der Waals surface area contributed by atoms with E-state index >= 15 is 0 Å². The first-order chi connectivity index (χ1) is 8.69. The molecule has 0 bridgehead atoms. The Balaban J connectivity index is 2.08. The first-order valence-corrected chi connectivity index (χ1v) is 6.33. The summed E-state index contributed by atoms with van der Waals surface area (Å²) in [6.45, 7) is 2.05. The fraction of sp³-hybridized carbons (Fsp3) is 0.250. The second-order valence-electron chi connectivity index (χ2n) is 3.65. The van der Waals surface area contributed by atoms with Crippen LogP contribution in [0.3, 0.4) is 0 Å². The number of halogens is 1. The summed E-state index contributed by atoms with van der Waals surface area (Å²) >= 11 is 3.38. The fourth-order valence-electron chi connectivity index (χ4n) is 1.37. The molecule has 0 aliphatic carbocycles. The monoisotopic (exact) mass is 309 g/mol. The standard InChI is InChI=1S/C12H12BrN3O2/c1-2-10(17)14-7-11-15-12(16-18-11)8-4-3-5-9(13)6-8/h3-6H,2,7H2,1H3,(H,14,17). The van der Waals surface area contributed by atoms with E-state index in [1.165, 1.54) is 0 Å². The summed E-state index contributed by atoms with van der Waals surface area (Å²) in [7, 11) is 0. The van der Waals surface area contributed by atoms with Gasteiger partial charge in [0.2, 0.25) is 17.6 Å². The molecule has 6 heteroatoms. The number of nitrogens with one attached hydrogen (secondary N) is 1. The molecule has 0 radical (unpaired) electrons. The number of hydrogen-bond donors (Lipinski definition) is 1. The van der Waals surface area contributed by atoms with Crippen LogP contribution in [0.4, 0.5) is 0 Å². The number of benzene rings is 1. The Morgan fingerprint density at radius 3 is 3.06 bits per heavy atom. The predicted molar refractivity (Wildman–Crippen MR) is 69.6 cm³/mol. The molecule has 5 nitrogen and oxygen atoms in total. The summed E-state index contributed by atoms with van der Waals surface area (Å²) in [6.07, 6.45) is 0.437. The van der Waals surface area contributed by atoms with E-state index in [-0.39, 0.29) is 12.5 Å². The van der Waals surface area contributed by atoms with Gasteiger partial charge in [0.15, 0.2) is 0 Å². The Labute approximate surface area is 113 Å². The van der Waals surface area contributed by atoms with Crippen LogP contribution in [-0.2, 0) is 11.3 Å². The molecule has 94 valence electrons. The van der Waals surface area contributed by atoms with Crippen molar-refractivity contribution in [3.63, 3.8) is 0 Å². The maximum absolute atomic E-state index is 11.1. The summed E-state index contributed by atoms with van der Waals surface area (Å²) in [5.74, 6) is 0.862. The number of aromatic nitrogens is 2. The molecule has 0 saturated carbocycles. The molecule has 0 atom stereocenters. The zero-order valence-electron chi connectivity index (χ0n) is 9.81. The average molecular weight is 310 g/mol. The quantitative estimate of drug-likeness (QED) is 0.942.